The summed E-state index contributed by atoms with van der Waals surface area (Å²) in [6.07, 6.45) is 0. The smallest absolute Gasteiger partial charge is 0.151 e. The predicted octanol–water partition coefficient (Wildman–Crippen LogP) is 1.43. The zero-order valence-electron chi connectivity index (χ0n) is 8.77. The summed E-state index contributed by atoms with van der Waals surface area (Å²) in [5.74, 6) is 0.284. The molecule has 0 bridgehead atoms. The van der Waals surface area contributed by atoms with Crippen LogP contribution in [0.4, 0.5) is 0 Å². The topological polar surface area (TPSA) is 60.2 Å². The maximum absolute atomic E-state index is 11.6. The summed E-state index contributed by atoms with van der Waals surface area (Å²) in [6, 6.07) is 7.39. The Hall–Kier alpha value is -0.580. The fourth-order valence-electron chi connectivity index (χ4n) is 2.27. The lowest BCUT2D eigenvalue weighted by Crippen LogP contribution is -2.20. The highest BCUT2D eigenvalue weighted by molar-refractivity contribution is 7.91. The molecule has 2 rings (SSSR count). The average molecular weight is 260 g/mol. The van der Waals surface area contributed by atoms with Crippen molar-refractivity contribution < 1.29 is 8.42 Å². The minimum Gasteiger partial charge on any atom is -0.330 e. The van der Waals surface area contributed by atoms with Crippen LogP contribution in [0.5, 0.6) is 0 Å². The van der Waals surface area contributed by atoms with Gasteiger partial charge < -0.3 is 5.73 Å². The van der Waals surface area contributed by atoms with E-state index in [0.29, 0.717) is 11.6 Å². The van der Waals surface area contributed by atoms with Crippen LogP contribution in [0.1, 0.15) is 11.5 Å². The Kier molecular flexibility index (Phi) is 3.24. The Balaban J connectivity index is 2.38. The average Bonchev–Trinajstić information content (AvgIpc) is 2.54. The van der Waals surface area contributed by atoms with Gasteiger partial charge in [-0.25, -0.2) is 8.42 Å². The van der Waals surface area contributed by atoms with Crippen LogP contribution >= 0.6 is 11.6 Å². The van der Waals surface area contributed by atoms with Gasteiger partial charge in [0.1, 0.15) is 0 Å². The van der Waals surface area contributed by atoms with E-state index in [4.69, 9.17) is 17.3 Å². The highest BCUT2D eigenvalue weighted by Crippen LogP contribution is 2.36. The van der Waals surface area contributed by atoms with Crippen molar-refractivity contribution >= 4 is 21.4 Å². The molecule has 2 atom stereocenters. The molecule has 0 aliphatic carbocycles. The van der Waals surface area contributed by atoms with E-state index in [1.807, 2.05) is 18.2 Å². The molecule has 0 spiro atoms. The molecular weight excluding hydrogens is 246 g/mol. The third kappa shape index (κ3) is 2.24. The highest BCUT2D eigenvalue weighted by atomic mass is 35.5. The molecule has 1 fully saturated rings. The highest BCUT2D eigenvalue weighted by Gasteiger charge is 2.38. The quantitative estimate of drug-likeness (QED) is 0.874. The van der Waals surface area contributed by atoms with E-state index in [2.05, 4.69) is 0 Å². The molecule has 2 unspecified atom stereocenters. The Bertz CT molecular complexity index is 487. The second-order valence-electron chi connectivity index (χ2n) is 4.20. The van der Waals surface area contributed by atoms with Crippen molar-refractivity contribution in [3.8, 4) is 0 Å². The lowest BCUT2D eigenvalue weighted by Gasteiger charge is -2.17. The zero-order chi connectivity index (χ0) is 11.8. The van der Waals surface area contributed by atoms with Gasteiger partial charge in [0.05, 0.1) is 11.5 Å². The second-order valence-corrected chi connectivity index (χ2v) is 6.76. The first-order valence-electron chi connectivity index (χ1n) is 5.18. The lowest BCUT2D eigenvalue weighted by molar-refractivity contribution is 0.533. The van der Waals surface area contributed by atoms with Crippen LogP contribution in [0.3, 0.4) is 0 Å². The number of sulfone groups is 1. The minimum atomic E-state index is -2.96. The first-order valence-corrected chi connectivity index (χ1v) is 7.38. The van der Waals surface area contributed by atoms with E-state index < -0.39 is 9.84 Å². The van der Waals surface area contributed by atoms with Gasteiger partial charge in [0.2, 0.25) is 0 Å². The predicted molar refractivity (Wildman–Crippen MR) is 65.4 cm³/mol. The lowest BCUT2D eigenvalue weighted by atomic mass is 9.89. The van der Waals surface area contributed by atoms with Gasteiger partial charge in [0, 0.05) is 10.9 Å². The van der Waals surface area contributed by atoms with Gasteiger partial charge in [-0.3, -0.25) is 0 Å². The van der Waals surface area contributed by atoms with Crippen molar-refractivity contribution in [2.75, 3.05) is 18.1 Å². The molecule has 0 saturated carbocycles. The molecule has 1 saturated heterocycles. The molecule has 1 aromatic rings. The van der Waals surface area contributed by atoms with Crippen molar-refractivity contribution in [2.45, 2.75) is 5.92 Å². The van der Waals surface area contributed by atoms with Crippen LogP contribution in [0, 0.1) is 5.92 Å². The summed E-state index contributed by atoms with van der Waals surface area (Å²) in [5.41, 5.74) is 6.53. The van der Waals surface area contributed by atoms with Gasteiger partial charge in [0.25, 0.3) is 0 Å². The SMILES string of the molecule is NCC1CS(=O)(=O)CC1c1ccccc1Cl. The van der Waals surface area contributed by atoms with E-state index >= 15 is 0 Å². The van der Waals surface area contributed by atoms with E-state index in [1.54, 1.807) is 6.07 Å². The summed E-state index contributed by atoms with van der Waals surface area (Å²) >= 11 is 6.08. The molecule has 1 aromatic carbocycles. The third-order valence-corrected chi connectivity index (χ3v) is 5.23. The first-order chi connectivity index (χ1) is 7.53. The van der Waals surface area contributed by atoms with Gasteiger partial charge in [-0.05, 0) is 24.1 Å². The van der Waals surface area contributed by atoms with Crippen molar-refractivity contribution in [2.24, 2.45) is 11.7 Å². The summed E-state index contributed by atoms with van der Waals surface area (Å²) in [7, 11) is -2.96. The standard InChI is InChI=1S/C11H14ClNO2S/c12-11-4-2-1-3-9(11)10-7-16(14,15)6-8(10)5-13/h1-4,8,10H,5-7,13H2. The van der Waals surface area contributed by atoms with Gasteiger partial charge >= 0.3 is 0 Å². The van der Waals surface area contributed by atoms with Gasteiger partial charge in [-0.1, -0.05) is 29.8 Å². The van der Waals surface area contributed by atoms with Crippen molar-refractivity contribution in [1.82, 2.24) is 0 Å². The van der Waals surface area contributed by atoms with Crippen LogP contribution in [-0.2, 0) is 9.84 Å². The van der Waals surface area contributed by atoms with E-state index in [9.17, 15) is 8.42 Å². The van der Waals surface area contributed by atoms with Crippen molar-refractivity contribution in [3.05, 3.63) is 34.9 Å². The summed E-state index contributed by atoms with van der Waals surface area (Å²) in [4.78, 5) is 0. The largest absolute Gasteiger partial charge is 0.330 e. The molecule has 0 aromatic heterocycles. The van der Waals surface area contributed by atoms with Crippen molar-refractivity contribution in [3.63, 3.8) is 0 Å². The molecule has 0 radical (unpaired) electrons. The van der Waals surface area contributed by atoms with Crippen LogP contribution in [0.25, 0.3) is 0 Å². The summed E-state index contributed by atoms with van der Waals surface area (Å²) < 4.78 is 23.2. The number of nitrogens with two attached hydrogens (primary N) is 1. The fourth-order valence-corrected chi connectivity index (χ4v) is 4.70. The summed E-state index contributed by atoms with van der Waals surface area (Å²) in [6.45, 7) is 0.384. The van der Waals surface area contributed by atoms with Gasteiger partial charge in [0.15, 0.2) is 9.84 Å². The molecule has 16 heavy (non-hydrogen) atoms. The fraction of sp³-hybridized carbons (Fsp3) is 0.455. The number of rotatable bonds is 2. The Morgan fingerprint density at radius 3 is 2.62 bits per heavy atom. The molecule has 1 aliphatic rings. The molecule has 0 amide bonds. The molecule has 2 N–H and O–H groups in total. The maximum Gasteiger partial charge on any atom is 0.151 e. The van der Waals surface area contributed by atoms with Crippen LogP contribution < -0.4 is 5.73 Å². The van der Waals surface area contributed by atoms with Crippen LogP contribution in [-0.4, -0.2) is 26.5 Å². The molecular formula is C11H14ClNO2S. The number of halogens is 1. The second kappa shape index (κ2) is 4.35. The number of benzene rings is 1. The molecule has 5 heteroatoms. The zero-order valence-corrected chi connectivity index (χ0v) is 10.3. The monoisotopic (exact) mass is 259 g/mol. The summed E-state index contributed by atoms with van der Waals surface area (Å²) in [5, 5.41) is 0.628. The molecule has 1 aliphatic heterocycles. The normalized spacial score (nSPS) is 28.1. The number of hydrogen-bond acceptors (Lipinski definition) is 3. The third-order valence-electron chi connectivity index (χ3n) is 3.08. The van der Waals surface area contributed by atoms with Gasteiger partial charge in [-0.15, -0.1) is 0 Å². The molecule has 1 heterocycles. The minimum absolute atomic E-state index is 0.00935. The first kappa shape index (κ1) is 11.9. The Morgan fingerprint density at radius 2 is 2.00 bits per heavy atom. The Morgan fingerprint density at radius 1 is 1.31 bits per heavy atom. The Labute approximate surface area is 101 Å². The van der Waals surface area contributed by atoms with Crippen LogP contribution in [0.15, 0.2) is 24.3 Å². The molecule has 88 valence electrons. The van der Waals surface area contributed by atoms with E-state index in [1.165, 1.54) is 0 Å². The van der Waals surface area contributed by atoms with E-state index in [0.717, 1.165) is 5.56 Å². The number of hydrogen-bond donors (Lipinski definition) is 1. The van der Waals surface area contributed by atoms with Crippen molar-refractivity contribution in [1.29, 1.82) is 0 Å². The molecule has 3 nitrogen and oxygen atoms in total. The van der Waals surface area contributed by atoms with E-state index in [-0.39, 0.29) is 23.3 Å². The maximum atomic E-state index is 11.6. The van der Waals surface area contributed by atoms with Crippen LogP contribution in [0.2, 0.25) is 5.02 Å². The van der Waals surface area contributed by atoms with Gasteiger partial charge in [-0.2, -0.15) is 0 Å².